The highest BCUT2D eigenvalue weighted by Crippen LogP contribution is 2.24. The fourth-order valence-electron chi connectivity index (χ4n) is 2.30. The van der Waals surface area contributed by atoms with Crippen LogP contribution in [-0.2, 0) is 0 Å². The quantitative estimate of drug-likeness (QED) is 0.746. The van der Waals surface area contributed by atoms with E-state index in [0.717, 1.165) is 0 Å². The van der Waals surface area contributed by atoms with Crippen molar-refractivity contribution in [2.24, 2.45) is 0 Å². The van der Waals surface area contributed by atoms with E-state index in [1.807, 2.05) is 6.07 Å². The van der Waals surface area contributed by atoms with E-state index in [-0.39, 0.29) is 11.5 Å². The van der Waals surface area contributed by atoms with Gasteiger partial charge in [-0.05, 0) is 42.5 Å². The minimum absolute atomic E-state index is 0.0539. The van der Waals surface area contributed by atoms with Crippen LogP contribution >= 0.6 is 11.6 Å². The number of hydrogen-bond acceptors (Lipinski definition) is 5. The van der Waals surface area contributed by atoms with Gasteiger partial charge in [-0.25, -0.2) is 4.98 Å². The maximum Gasteiger partial charge on any atom is 0.270 e. The Balaban J connectivity index is 2.06. The molecule has 0 saturated heterocycles. The third-order valence-corrected chi connectivity index (χ3v) is 3.72. The Labute approximate surface area is 148 Å². The molecule has 7 heteroatoms. The molecule has 0 radical (unpaired) electrons. The molecule has 0 saturated carbocycles. The molecule has 2 N–H and O–H groups in total. The highest BCUT2D eigenvalue weighted by atomic mass is 35.5. The second kappa shape index (κ2) is 7.07. The van der Waals surface area contributed by atoms with Gasteiger partial charge >= 0.3 is 0 Å². The molecular weight excluding hydrogens is 340 g/mol. The van der Waals surface area contributed by atoms with Crippen LogP contribution in [0.2, 0.25) is 5.02 Å². The van der Waals surface area contributed by atoms with E-state index in [4.69, 9.17) is 16.3 Å². The molecule has 0 atom stereocenters. The molecule has 3 aromatic rings. The van der Waals surface area contributed by atoms with Crippen molar-refractivity contribution in [2.45, 2.75) is 0 Å². The van der Waals surface area contributed by atoms with Crippen molar-refractivity contribution >= 4 is 23.2 Å². The number of ether oxygens (including phenoxy) is 1. The summed E-state index contributed by atoms with van der Waals surface area (Å²) in [6, 6.07) is 15.9. The summed E-state index contributed by atoms with van der Waals surface area (Å²) in [6.07, 6.45) is 0. The number of nitrogens with one attached hydrogen (secondary N) is 2. The van der Waals surface area contributed by atoms with Crippen LogP contribution in [0.25, 0.3) is 11.3 Å². The maximum atomic E-state index is 12.2. The van der Waals surface area contributed by atoms with Gasteiger partial charge in [-0.2, -0.15) is 5.26 Å². The van der Waals surface area contributed by atoms with Gasteiger partial charge in [0.05, 0.1) is 12.8 Å². The summed E-state index contributed by atoms with van der Waals surface area (Å²) < 4.78 is 5.12. The lowest BCUT2D eigenvalue weighted by Crippen LogP contribution is -2.16. The van der Waals surface area contributed by atoms with Gasteiger partial charge in [0, 0.05) is 16.3 Å². The molecule has 0 aliphatic rings. The molecular formula is C18H13ClN4O2. The largest absolute Gasteiger partial charge is 0.497 e. The summed E-state index contributed by atoms with van der Waals surface area (Å²) >= 11 is 5.96. The standard InChI is InChI=1S/C18H13ClN4O2/c1-25-14-7-5-11(6-8-14)16-15(10-20)17(24)23-18(22-16)21-13-4-2-3-12(19)9-13/h2-9H,1H3,(H2,21,22,23,24). The normalized spacial score (nSPS) is 10.1. The average molecular weight is 353 g/mol. The number of nitriles is 1. The van der Waals surface area contributed by atoms with Crippen LogP contribution in [0.1, 0.15) is 5.56 Å². The molecule has 0 bridgehead atoms. The first kappa shape index (κ1) is 16.6. The average Bonchev–Trinajstić information content (AvgIpc) is 2.61. The molecule has 0 aliphatic carbocycles. The van der Waals surface area contributed by atoms with Gasteiger partial charge in [0.2, 0.25) is 5.95 Å². The number of methoxy groups -OCH3 is 1. The lowest BCUT2D eigenvalue weighted by atomic mass is 10.1. The number of rotatable bonds is 4. The van der Waals surface area contributed by atoms with Gasteiger partial charge in [-0.3, -0.25) is 9.78 Å². The van der Waals surface area contributed by atoms with Crippen LogP contribution in [0.5, 0.6) is 5.75 Å². The molecule has 1 heterocycles. The third-order valence-electron chi connectivity index (χ3n) is 3.48. The van der Waals surface area contributed by atoms with Crippen LogP contribution in [0.4, 0.5) is 11.6 Å². The fourth-order valence-corrected chi connectivity index (χ4v) is 2.49. The first-order valence-corrected chi connectivity index (χ1v) is 7.70. The van der Waals surface area contributed by atoms with Gasteiger partial charge in [0.1, 0.15) is 17.4 Å². The van der Waals surface area contributed by atoms with Crippen molar-refractivity contribution in [1.82, 2.24) is 9.97 Å². The van der Waals surface area contributed by atoms with Crippen LogP contribution in [0.15, 0.2) is 53.3 Å². The maximum absolute atomic E-state index is 12.2. The number of aromatic amines is 1. The van der Waals surface area contributed by atoms with Gasteiger partial charge in [-0.15, -0.1) is 0 Å². The highest BCUT2D eigenvalue weighted by Gasteiger charge is 2.13. The number of benzene rings is 2. The first-order chi connectivity index (χ1) is 12.1. The van der Waals surface area contributed by atoms with E-state index in [1.165, 1.54) is 0 Å². The molecule has 3 rings (SSSR count). The van der Waals surface area contributed by atoms with Crippen LogP contribution in [-0.4, -0.2) is 17.1 Å². The molecule has 2 aromatic carbocycles. The van der Waals surface area contributed by atoms with Crippen LogP contribution in [0.3, 0.4) is 0 Å². The molecule has 1 aromatic heterocycles. The van der Waals surface area contributed by atoms with Crippen molar-refractivity contribution in [3.05, 3.63) is 69.5 Å². The summed E-state index contributed by atoms with van der Waals surface area (Å²) in [5.41, 5.74) is 1.02. The molecule has 0 spiro atoms. The van der Waals surface area contributed by atoms with Crippen molar-refractivity contribution in [3.8, 4) is 23.1 Å². The molecule has 124 valence electrons. The number of H-pyrrole nitrogens is 1. The highest BCUT2D eigenvalue weighted by molar-refractivity contribution is 6.30. The predicted molar refractivity (Wildman–Crippen MR) is 96.3 cm³/mol. The van der Waals surface area contributed by atoms with E-state index in [0.29, 0.717) is 27.7 Å². The number of aromatic nitrogens is 2. The van der Waals surface area contributed by atoms with Crippen molar-refractivity contribution < 1.29 is 4.74 Å². The number of halogens is 1. The van der Waals surface area contributed by atoms with Gasteiger partial charge in [0.25, 0.3) is 5.56 Å². The number of anilines is 2. The third kappa shape index (κ3) is 3.62. The molecule has 0 fully saturated rings. The predicted octanol–water partition coefficient (Wildman–Crippen LogP) is 3.71. The zero-order chi connectivity index (χ0) is 17.8. The lowest BCUT2D eigenvalue weighted by Gasteiger charge is -2.09. The molecule has 0 unspecified atom stereocenters. The summed E-state index contributed by atoms with van der Waals surface area (Å²) in [5, 5.41) is 12.8. The zero-order valence-electron chi connectivity index (χ0n) is 13.2. The summed E-state index contributed by atoms with van der Waals surface area (Å²) in [4.78, 5) is 19.2. The van der Waals surface area contributed by atoms with E-state index in [9.17, 15) is 10.1 Å². The molecule has 0 aliphatic heterocycles. The Morgan fingerprint density at radius 3 is 2.64 bits per heavy atom. The molecule has 25 heavy (non-hydrogen) atoms. The smallest absolute Gasteiger partial charge is 0.270 e. The van der Waals surface area contributed by atoms with Crippen LogP contribution < -0.4 is 15.6 Å². The van der Waals surface area contributed by atoms with Crippen molar-refractivity contribution in [2.75, 3.05) is 12.4 Å². The van der Waals surface area contributed by atoms with Gasteiger partial charge < -0.3 is 10.1 Å². The Morgan fingerprint density at radius 2 is 2.00 bits per heavy atom. The topological polar surface area (TPSA) is 90.8 Å². The van der Waals surface area contributed by atoms with E-state index in [1.54, 1.807) is 55.6 Å². The summed E-state index contributed by atoms with van der Waals surface area (Å²) in [7, 11) is 1.56. The van der Waals surface area contributed by atoms with Crippen molar-refractivity contribution in [1.29, 1.82) is 5.26 Å². The Morgan fingerprint density at radius 1 is 1.24 bits per heavy atom. The minimum atomic E-state index is -0.521. The molecule has 0 amide bonds. The van der Waals surface area contributed by atoms with Crippen molar-refractivity contribution in [3.63, 3.8) is 0 Å². The Hall–Kier alpha value is -3.30. The monoisotopic (exact) mass is 352 g/mol. The summed E-state index contributed by atoms with van der Waals surface area (Å²) in [5.74, 6) is 0.890. The Bertz CT molecular complexity index is 1010. The van der Waals surface area contributed by atoms with E-state index >= 15 is 0 Å². The SMILES string of the molecule is COc1ccc(-c2nc(Nc3cccc(Cl)c3)[nH]c(=O)c2C#N)cc1. The number of nitrogens with zero attached hydrogens (tertiary/aromatic N) is 2. The van der Waals surface area contributed by atoms with Gasteiger partial charge in [-0.1, -0.05) is 17.7 Å². The zero-order valence-corrected chi connectivity index (χ0v) is 14.0. The summed E-state index contributed by atoms with van der Waals surface area (Å²) in [6.45, 7) is 0. The Kier molecular flexibility index (Phi) is 4.68. The lowest BCUT2D eigenvalue weighted by molar-refractivity contribution is 0.415. The second-order valence-electron chi connectivity index (χ2n) is 5.11. The number of hydrogen-bond donors (Lipinski definition) is 2. The second-order valence-corrected chi connectivity index (χ2v) is 5.55. The van der Waals surface area contributed by atoms with Crippen LogP contribution in [0, 0.1) is 11.3 Å². The minimum Gasteiger partial charge on any atom is -0.497 e. The fraction of sp³-hybridized carbons (Fsp3) is 0.0556. The van der Waals surface area contributed by atoms with Gasteiger partial charge in [0.15, 0.2) is 0 Å². The molecule has 6 nitrogen and oxygen atoms in total. The van der Waals surface area contributed by atoms with E-state index in [2.05, 4.69) is 15.3 Å². The first-order valence-electron chi connectivity index (χ1n) is 7.32. The van der Waals surface area contributed by atoms with E-state index < -0.39 is 5.56 Å².